The number of likely N-dealkylation sites (tertiary alicyclic amines) is 1. The van der Waals surface area contributed by atoms with Crippen molar-refractivity contribution in [1.29, 1.82) is 0 Å². The number of amides is 3. The van der Waals surface area contributed by atoms with Crippen molar-refractivity contribution >= 4 is 35.0 Å². The largest absolute Gasteiger partial charge is 0.383 e. The highest BCUT2D eigenvalue weighted by atomic mass is 35.5. The molecular formula is C27H34ClN3O5. The molecule has 1 aliphatic carbocycles. The number of benzene rings is 1. The van der Waals surface area contributed by atoms with Crippen LogP contribution in [0.15, 0.2) is 36.4 Å². The summed E-state index contributed by atoms with van der Waals surface area (Å²) in [7, 11) is 1.56. The molecule has 0 aromatic heterocycles. The van der Waals surface area contributed by atoms with E-state index in [4.69, 9.17) is 21.1 Å². The quantitative estimate of drug-likeness (QED) is 0.544. The summed E-state index contributed by atoms with van der Waals surface area (Å²) in [4.78, 5) is 42.6. The number of methoxy groups -OCH3 is 1. The second-order valence-corrected chi connectivity index (χ2v) is 11.0. The first-order valence-corrected chi connectivity index (χ1v) is 13.2. The van der Waals surface area contributed by atoms with Gasteiger partial charge in [-0.05, 0) is 42.5 Å². The number of carbonyl (C=O) groups is 3. The number of rotatable bonds is 7. The maximum atomic E-state index is 13.8. The number of hydrogen-bond donors (Lipinski definition) is 2. The first-order chi connectivity index (χ1) is 17.3. The van der Waals surface area contributed by atoms with E-state index in [2.05, 4.69) is 24.5 Å². The summed E-state index contributed by atoms with van der Waals surface area (Å²) < 4.78 is 11.6. The van der Waals surface area contributed by atoms with Crippen molar-refractivity contribution in [2.45, 2.75) is 56.9 Å². The van der Waals surface area contributed by atoms with E-state index in [1.807, 2.05) is 12.2 Å². The molecule has 2 bridgehead atoms. The van der Waals surface area contributed by atoms with Crippen molar-refractivity contribution in [3.05, 3.63) is 41.4 Å². The van der Waals surface area contributed by atoms with Crippen molar-refractivity contribution < 1.29 is 23.9 Å². The van der Waals surface area contributed by atoms with Crippen molar-refractivity contribution in [3.63, 3.8) is 0 Å². The highest BCUT2D eigenvalue weighted by molar-refractivity contribution is 6.30. The van der Waals surface area contributed by atoms with E-state index < -0.39 is 29.6 Å². The fourth-order valence-corrected chi connectivity index (χ4v) is 6.63. The number of fused-ring (bicyclic) bond motifs is 1. The topological polar surface area (TPSA) is 97.0 Å². The highest BCUT2D eigenvalue weighted by Crippen LogP contribution is 2.55. The van der Waals surface area contributed by atoms with Gasteiger partial charge in [-0.25, -0.2) is 0 Å². The van der Waals surface area contributed by atoms with E-state index in [9.17, 15) is 14.4 Å². The Kier molecular flexibility index (Phi) is 6.87. The fraction of sp³-hybridized carbons (Fsp3) is 0.593. The lowest BCUT2D eigenvalue weighted by Crippen LogP contribution is -2.58. The third kappa shape index (κ3) is 4.13. The molecule has 8 atom stereocenters. The van der Waals surface area contributed by atoms with Gasteiger partial charge >= 0.3 is 0 Å². The summed E-state index contributed by atoms with van der Waals surface area (Å²) in [5.41, 5.74) is -0.591. The molecule has 3 heterocycles. The summed E-state index contributed by atoms with van der Waals surface area (Å²) >= 11 is 5.97. The Morgan fingerprint density at radius 2 is 1.94 bits per heavy atom. The number of ether oxygens (including phenoxy) is 2. The standard InChI is InChI=1S/C27H34ClN3O5/c1-15-5-4-6-19(16(15)2)30-25(33)23-27-12-11-20(36-27)21(22(27)26(34)31(23)13-14-35-3)24(32)29-18-9-7-17(28)8-10-18/h7-12,15-16,19-23H,4-6,13-14H2,1-3H3,(H,29,32)(H,30,33)/t15-,16-,19+,20+,21+,22+,23-,27-/m0/s1. The Labute approximate surface area is 216 Å². The van der Waals surface area contributed by atoms with Crippen LogP contribution in [-0.2, 0) is 23.9 Å². The fourth-order valence-electron chi connectivity index (χ4n) is 6.50. The lowest BCUT2D eigenvalue weighted by molar-refractivity contribution is -0.142. The zero-order valence-corrected chi connectivity index (χ0v) is 21.7. The molecule has 2 N–H and O–H groups in total. The Hall–Kier alpha value is -2.42. The summed E-state index contributed by atoms with van der Waals surface area (Å²) in [6.45, 7) is 4.92. The lowest BCUT2D eigenvalue weighted by atomic mass is 9.73. The molecule has 3 fully saturated rings. The van der Waals surface area contributed by atoms with Crippen LogP contribution in [0.2, 0.25) is 5.02 Å². The minimum absolute atomic E-state index is 0.0441. The van der Waals surface area contributed by atoms with Crippen molar-refractivity contribution in [1.82, 2.24) is 10.2 Å². The van der Waals surface area contributed by atoms with Gasteiger partial charge in [0.2, 0.25) is 17.7 Å². The average Bonchev–Trinajstić information content (AvgIpc) is 3.49. The van der Waals surface area contributed by atoms with Gasteiger partial charge in [0, 0.05) is 30.4 Å². The van der Waals surface area contributed by atoms with Crippen LogP contribution in [-0.4, -0.2) is 66.7 Å². The summed E-state index contributed by atoms with van der Waals surface area (Å²) in [5.74, 6) is -1.45. The maximum Gasteiger partial charge on any atom is 0.246 e. The van der Waals surface area contributed by atoms with Crippen LogP contribution in [0.3, 0.4) is 0 Å². The summed E-state index contributed by atoms with van der Waals surface area (Å²) in [6.07, 6.45) is 6.21. The molecular weight excluding hydrogens is 482 g/mol. The average molecular weight is 516 g/mol. The Bertz CT molecular complexity index is 1060. The van der Waals surface area contributed by atoms with Crippen LogP contribution in [0, 0.1) is 23.7 Å². The van der Waals surface area contributed by atoms with Gasteiger partial charge in [-0.15, -0.1) is 0 Å². The lowest BCUT2D eigenvalue weighted by Gasteiger charge is -2.38. The third-order valence-corrected chi connectivity index (χ3v) is 8.86. The zero-order chi connectivity index (χ0) is 25.6. The van der Waals surface area contributed by atoms with Crippen molar-refractivity contribution in [3.8, 4) is 0 Å². The smallest absolute Gasteiger partial charge is 0.246 e. The van der Waals surface area contributed by atoms with Gasteiger partial charge < -0.3 is 25.0 Å². The van der Waals surface area contributed by atoms with Gasteiger partial charge in [-0.1, -0.05) is 50.4 Å². The SMILES string of the molecule is COCCN1C(=O)[C@H]2[C@H](C(=O)Nc3ccc(Cl)cc3)[C@H]3C=C[C@@]2(O3)[C@@H]1C(=O)N[C@@H]1CCC[C@H](C)[C@@H]1C. The van der Waals surface area contributed by atoms with E-state index in [0.717, 1.165) is 19.3 Å². The molecule has 36 heavy (non-hydrogen) atoms. The molecule has 194 valence electrons. The Morgan fingerprint density at radius 3 is 2.67 bits per heavy atom. The van der Waals surface area contributed by atoms with E-state index in [0.29, 0.717) is 22.5 Å². The molecule has 9 heteroatoms. The van der Waals surface area contributed by atoms with E-state index >= 15 is 0 Å². The van der Waals surface area contributed by atoms with Crippen LogP contribution < -0.4 is 10.6 Å². The van der Waals surface area contributed by atoms with E-state index in [-0.39, 0.29) is 36.9 Å². The predicted molar refractivity (Wildman–Crippen MR) is 135 cm³/mol. The number of anilines is 1. The van der Waals surface area contributed by atoms with Crippen LogP contribution in [0.4, 0.5) is 5.69 Å². The molecule has 1 aromatic carbocycles. The number of hydrogen-bond acceptors (Lipinski definition) is 5. The first kappa shape index (κ1) is 25.2. The minimum atomic E-state index is -1.18. The third-order valence-electron chi connectivity index (χ3n) is 8.61. The molecule has 0 unspecified atom stereocenters. The molecule has 1 aromatic rings. The predicted octanol–water partition coefficient (Wildman–Crippen LogP) is 3.02. The van der Waals surface area contributed by atoms with E-state index in [1.165, 1.54) is 0 Å². The van der Waals surface area contributed by atoms with Crippen LogP contribution in [0.25, 0.3) is 0 Å². The monoisotopic (exact) mass is 515 g/mol. The molecule has 3 amide bonds. The molecule has 1 saturated carbocycles. The summed E-state index contributed by atoms with van der Waals surface area (Å²) in [6, 6.07) is 5.99. The van der Waals surface area contributed by atoms with Gasteiger partial charge in [0.25, 0.3) is 0 Å². The molecule has 1 spiro atoms. The van der Waals surface area contributed by atoms with Crippen molar-refractivity contribution in [2.75, 3.05) is 25.6 Å². The number of carbonyl (C=O) groups excluding carboxylic acids is 3. The Balaban J connectivity index is 1.42. The molecule has 0 radical (unpaired) electrons. The second-order valence-electron chi connectivity index (χ2n) is 10.6. The van der Waals surface area contributed by atoms with Crippen molar-refractivity contribution in [2.24, 2.45) is 23.7 Å². The second kappa shape index (κ2) is 9.80. The highest BCUT2D eigenvalue weighted by Gasteiger charge is 2.72. The molecule has 3 aliphatic heterocycles. The molecule has 5 rings (SSSR count). The van der Waals surface area contributed by atoms with Gasteiger partial charge in [0.15, 0.2) is 0 Å². The molecule has 4 aliphatic rings. The van der Waals surface area contributed by atoms with Crippen LogP contribution >= 0.6 is 11.6 Å². The first-order valence-electron chi connectivity index (χ1n) is 12.8. The number of nitrogens with zero attached hydrogens (tertiary/aromatic N) is 1. The zero-order valence-electron chi connectivity index (χ0n) is 20.9. The normalized spacial score (nSPS) is 36.7. The maximum absolute atomic E-state index is 13.8. The molecule has 8 nitrogen and oxygen atoms in total. The summed E-state index contributed by atoms with van der Waals surface area (Å²) in [5, 5.41) is 6.71. The van der Waals surface area contributed by atoms with E-state index in [1.54, 1.807) is 36.3 Å². The van der Waals surface area contributed by atoms with Gasteiger partial charge in [0.1, 0.15) is 11.6 Å². The van der Waals surface area contributed by atoms with Crippen LogP contribution in [0.1, 0.15) is 33.1 Å². The van der Waals surface area contributed by atoms with Gasteiger partial charge in [-0.2, -0.15) is 0 Å². The van der Waals surface area contributed by atoms with Crippen LogP contribution in [0.5, 0.6) is 0 Å². The van der Waals surface area contributed by atoms with Gasteiger partial charge in [0.05, 0.1) is 24.5 Å². The number of nitrogens with one attached hydrogen (secondary N) is 2. The molecule has 2 saturated heterocycles. The minimum Gasteiger partial charge on any atom is -0.383 e. The Morgan fingerprint density at radius 1 is 1.19 bits per heavy atom. The number of halogens is 1. The van der Waals surface area contributed by atoms with Gasteiger partial charge in [-0.3, -0.25) is 14.4 Å².